The first-order valence-electron chi connectivity index (χ1n) is 28.8. The maximum Gasteiger partial charge on any atom is 0.310 e. The second-order valence-corrected chi connectivity index (χ2v) is 31.1. The summed E-state index contributed by atoms with van der Waals surface area (Å²) in [5, 5.41) is 16.4. The van der Waals surface area contributed by atoms with Crippen molar-refractivity contribution in [2.45, 2.75) is 38.5 Å². The zero-order valence-electron chi connectivity index (χ0n) is 48.0. The predicted molar refractivity (Wildman–Crippen MR) is 374 cm³/mol. The van der Waals surface area contributed by atoms with Crippen molar-refractivity contribution in [3.63, 3.8) is 0 Å². The molecule has 10 aromatic rings. The van der Waals surface area contributed by atoms with Crippen molar-refractivity contribution in [1.82, 2.24) is 0 Å². The van der Waals surface area contributed by atoms with E-state index >= 15 is 0 Å². The Morgan fingerprint density at radius 3 is 0.886 bits per heavy atom. The van der Waals surface area contributed by atoms with E-state index in [-0.39, 0.29) is 123 Å². The van der Waals surface area contributed by atoms with Gasteiger partial charge in [-0.15, -0.1) is 140 Å². The van der Waals surface area contributed by atoms with Gasteiger partial charge in [0.2, 0.25) is 0 Å². The summed E-state index contributed by atoms with van der Waals surface area (Å²) in [7, 11) is 0. The van der Waals surface area contributed by atoms with E-state index in [2.05, 4.69) is 96.4 Å². The molecule has 8 nitrogen and oxygen atoms in total. The molecule has 10 aromatic heterocycles. The van der Waals surface area contributed by atoms with Gasteiger partial charge in [-0.25, -0.2) is 0 Å². The van der Waals surface area contributed by atoms with E-state index < -0.39 is 0 Å². The van der Waals surface area contributed by atoms with Crippen LogP contribution in [0.25, 0.3) is 58.5 Å². The normalized spacial score (nSPS) is 19.5. The number of ether oxygens (including phenoxy) is 4. The average Bonchev–Trinajstić information content (AvgIpc) is 2.83. The Bertz CT molecular complexity index is 3640. The highest BCUT2D eigenvalue weighted by molar-refractivity contribution is 7.27. The fourth-order valence-electron chi connectivity index (χ4n) is 11.9. The van der Waals surface area contributed by atoms with Crippen molar-refractivity contribution in [1.29, 1.82) is 0 Å². The predicted octanol–water partition coefficient (Wildman–Crippen LogP) is 20.2. The molecular weight excluding hydrogens is 1290 g/mol. The van der Waals surface area contributed by atoms with Crippen molar-refractivity contribution in [3.8, 4) is 58.5 Å². The molecule has 18 heteroatoms. The highest BCUT2D eigenvalue weighted by atomic mass is 32.1. The highest BCUT2D eigenvalue weighted by Gasteiger charge is 2.43. The third kappa shape index (κ3) is 15.3. The van der Waals surface area contributed by atoms with Gasteiger partial charge in [0.15, 0.2) is 0 Å². The van der Waals surface area contributed by atoms with Gasteiger partial charge >= 0.3 is 23.9 Å². The monoisotopic (exact) mass is 1350 g/mol. The van der Waals surface area contributed by atoms with Crippen LogP contribution < -0.4 is 0 Å². The molecule has 452 valence electrons. The Labute approximate surface area is 554 Å². The lowest BCUT2D eigenvalue weighted by Gasteiger charge is -2.24. The summed E-state index contributed by atoms with van der Waals surface area (Å²) in [4.78, 5) is 66.3. The van der Waals surface area contributed by atoms with E-state index in [1.54, 1.807) is 113 Å². The zero-order chi connectivity index (χ0) is 60.9. The third-order valence-electron chi connectivity index (χ3n) is 16.3. The largest absolute Gasteiger partial charge is 0.465 e. The van der Waals surface area contributed by atoms with E-state index in [1.807, 2.05) is 94.4 Å². The van der Waals surface area contributed by atoms with Crippen LogP contribution in [0.3, 0.4) is 0 Å². The van der Waals surface area contributed by atoms with E-state index in [1.165, 1.54) is 9.75 Å². The molecule has 0 amide bonds. The molecule has 2 saturated carbocycles. The standard InChI is InChI=1S/C39H34O4S6.C31H30O4S4/c1-3-24-17-25(4-2)29(23-43-37(41)21-27-19-35(31-10-6-14-45-31)49-39(27)33-12-8-16-47-33)28(24)22-42-36(40)20-26-18-34(30-9-5-13-44-30)48-38(26)32-11-7-15-46-32;1-3-20-15-21(4-2)25(19-35-29(33)17-23-10-14-39-31(23)27-8-6-12-37-27)24(20)18-34-28(32)16-22-9-13-38-30(22)26-7-5-11-36-26/h3-16,18-19,24-25,28-29H,1-2,17,20-23H2;3-14,20-21,24-25H,1-2,15-19H2. The molecule has 0 N–H and O–H groups in total. The molecule has 0 spiro atoms. The van der Waals surface area contributed by atoms with E-state index in [0.717, 1.165) is 83.9 Å². The van der Waals surface area contributed by atoms with E-state index in [9.17, 15) is 19.2 Å². The molecule has 2 aliphatic rings. The quantitative estimate of drug-likeness (QED) is 0.0300. The highest BCUT2D eigenvalue weighted by Crippen LogP contribution is 2.47. The summed E-state index contributed by atoms with van der Waals surface area (Å²) >= 11 is 16.8. The number of hydrogen-bond acceptors (Lipinski definition) is 18. The molecular formula is C70H64O8S10. The number of carbonyl (C=O) groups excluding carboxylic acids is 4. The van der Waals surface area contributed by atoms with Gasteiger partial charge in [0, 0.05) is 82.2 Å². The minimum absolute atomic E-state index is 0.0179. The van der Waals surface area contributed by atoms with Crippen molar-refractivity contribution in [3.05, 3.63) is 213 Å². The average molecular weight is 1350 g/mol. The maximum absolute atomic E-state index is 13.4. The number of esters is 4. The van der Waals surface area contributed by atoms with Crippen LogP contribution in [0.5, 0.6) is 0 Å². The van der Waals surface area contributed by atoms with Gasteiger partial charge < -0.3 is 18.9 Å². The SMILES string of the molecule is C=CC1CC(C=C)C(COC(=O)Cc2cc(-c3cccs3)sc2-c2cccs2)C1COC(=O)Cc1cc(-c2cccs2)sc1-c1cccs1.C=CC1CC(C=C)C(COC(=O)Cc2ccsc2-c2cccs2)C1COC(=O)Cc1ccsc1-c1cccs1. The van der Waals surface area contributed by atoms with Crippen molar-refractivity contribution in [2.24, 2.45) is 47.3 Å². The number of carbonyl (C=O) groups is 4. The molecule has 0 radical (unpaired) electrons. The maximum atomic E-state index is 13.4. The third-order valence-corrected chi connectivity index (χ3v) is 26.9. The van der Waals surface area contributed by atoms with Gasteiger partial charge in [0.1, 0.15) is 0 Å². The van der Waals surface area contributed by atoms with Crippen LogP contribution in [0.15, 0.2) is 191 Å². The molecule has 2 aliphatic carbocycles. The van der Waals surface area contributed by atoms with E-state index in [4.69, 9.17) is 18.9 Å². The fraction of sp³-hybridized carbons (Fsp3) is 0.257. The first-order valence-corrected chi connectivity index (χ1v) is 37.5. The van der Waals surface area contributed by atoms with Gasteiger partial charge in [-0.05, 0) is 162 Å². The molecule has 88 heavy (non-hydrogen) atoms. The number of thiophene rings is 10. The van der Waals surface area contributed by atoms with Crippen LogP contribution in [0.4, 0.5) is 0 Å². The van der Waals surface area contributed by atoms with Crippen LogP contribution in [0.1, 0.15) is 35.1 Å². The Kier molecular flexibility index (Phi) is 22.0. The van der Waals surface area contributed by atoms with Crippen LogP contribution in [-0.2, 0) is 63.8 Å². The molecule has 12 rings (SSSR count). The van der Waals surface area contributed by atoms with Crippen LogP contribution >= 0.6 is 113 Å². The summed E-state index contributed by atoms with van der Waals surface area (Å²) in [6, 6.07) is 33.0. The van der Waals surface area contributed by atoms with Crippen molar-refractivity contribution in [2.75, 3.05) is 26.4 Å². The summed E-state index contributed by atoms with van der Waals surface area (Å²) in [5.41, 5.74) is 3.95. The number of allylic oxidation sites excluding steroid dienone is 4. The molecule has 0 saturated heterocycles. The Balaban J connectivity index is 0.000000187. The molecule has 0 aliphatic heterocycles. The van der Waals surface area contributed by atoms with Gasteiger partial charge in [-0.3, -0.25) is 19.2 Å². The van der Waals surface area contributed by atoms with E-state index in [0.29, 0.717) is 0 Å². The number of hydrogen-bond donors (Lipinski definition) is 0. The van der Waals surface area contributed by atoms with Gasteiger partial charge in [-0.1, -0.05) is 60.7 Å². The molecule has 0 bridgehead atoms. The molecule has 8 atom stereocenters. The molecule has 2 fully saturated rings. The van der Waals surface area contributed by atoms with Crippen molar-refractivity contribution < 1.29 is 38.1 Å². The Morgan fingerprint density at radius 1 is 0.341 bits per heavy atom. The van der Waals surface area contributed by atoms with Crippen molar-refractivity contribution >= 4 is 137 Å². The van der Waals surface area contributed by atoms with Gasteiger partial charge in [0.25, 0.3) is 0 Å². The second-order valence-electron chi connectivity index (χ2n) is 21.5. The lowest BCUT2D eigenvalue weighted by molar-refractivity contribution is -0.149. The minimum atomic E-state index is -0.256. The van der Waals surface area contributed by atoms with Gasteiger partial charge in [-0.2, -0.15) is 0 Å². The van der Waals surface area contributed by atoms with Crippen LogP contribution in [0.2, 0.25) is 0 Å². The Morgan fingerprint density at radius 2 is 0.614 bits per heavy atom. The lowest BCUT2D eigenvalue weighted by atomic mass is 9.88. The topological polar surface area (TPSA) is 105 Å². The first kappa shape index (κ1) is 63.4. The van der Waals surface area contributed by atoms with Crippen LogP contribution in [0, 0.1) is 47.3 Å². The molecule has 8 unspecified atom stereocenters. The smallest absolute Gasteiger partial charge is 0.310 e. The van der Waals surface area contributed by atoms with Crippen LogP contribution in [-0.4, -0.2) is 50.3 Å². The lowest BCUT2D eigenvalue weighted by Crippen LogP contribution is -2.28. The molecule has 10 heterocycles. The second kappa shape index (κ2) is 30.6. The molecule has 0 aromatic carbocycles. The number of rotatable bonds is 26. The minimum Gasteiger partial charge on any atom is -0.465 e. The summed E-state index contributed by atoms with van der Waals surface area (Å²) in [5.74, 6) is -0.429. The van der Waals surface area contributed by atoms with Gasteiger partial charge in [0.05, 0.1) is 52.1 Å². The summed E-state index contributed by atoms with van der Waals surface area (Å²) in [6.45, 7) is 17.3. The summed E-state index contributed by atoms with van der Waals surface area (Å²) in [6.07, 6.45) is 10.3. The summed E-state index contributed by atoms with van der Waals surface area (Å²) < 4.78 is 23.7. The fourth-order valence-corrected chi connectivity index (χ4v) is 21.3. The Hall–Kier alpha value is -6.16. The zero-order valence-corrected chi connectivity index (χ0v) is 56.2. The first-order chi connectivity index (χ1) is 43.1.